The van der Waals surface area contributed by atoms with Gasteiger partial charge in [-0.3, -0.25) is 0 Å². The fraction of sp³-hybridized carbons (Fsp3) is 0.200. The van der Waals surface area contributed by atoms with Crippen LogP contribution in [0.2, 0.25) is 0 Å². The first-order valence-electron chi connectivity index (χ1n) is 4.47. The SMILES string of the molecule is Cc1cnn(-c2ncc(Br)cc2CO)c1. The second kappa shape index (κ2) is 4.12. The van der Waals surface area contributed by atoms with Crippen molar-refractivity contribution in [1.29, 1.82) is 0 Å². The van der Waals surface area contributed by atoms with Gasteiger partial charge in [-0.2, -0.15) is 5.10 Å². The van der Waals surface area contributed by atoms with E-state index in [1.54, 1.807) is 17.1 Å². The lowest BCUT2D eigenvalue weighted by Gasteiger charge is -2.06. The number of aromatic nitrogens is 3. The monoisotopic (exact) mass is 267 g/mol. The van der Waals surface area contributed by atoms with Gasteiger partial charge in [-0.05, 0) is 34.5 Å². The van der Waals surface area contributed by atoms with E-state index in [2.05, 4.69) is 26.0 Å². The van der Waals surface area contributed by atoms with E-state index in [0.717, 1.165) is 15.6 Å². The quantitative estimate of drug-likeness (QED) is 0.904. The van der Waals surface area contributed by atoms with Gasteiger partial charge in [0.1, 0.15) is 0 Å². The Morgan fingerprint density at radius 3 is 2.87 bits per heavy atom. The standard InChI is InChI=1S/C10H10BrN3O/c1-7-3-13-14(5-7)10-8(6-15)2-9(11)4-12-10/h2-5,15H,6H2,1H3. The first kappa shape index (κ1) is 10.3. The summed E-state index contributed by atoms with van der Waals surface area (Å²) in [5.41, 5.74) is 1.80. The molecule has 0 aliphatic heterocycles. The topological polar surface area (TPSA) is 50.9 Å². The van der Waals surface area contributed by atoms with E-state index in [1.165, 1.54) is 0 Å². The van der Waals surface area contributed by atoms with E-state index in [0.29, 0.717) is 5.82 Å². The van der Waals surface area contributed by atoms with Gasteiger partial charge in [0.2, 0.25) is 0 Å². The summed E-state index contributed by atoms with van der Waals surface area (Å²) in [6.07, 6.45) is 5.31. The molecule has 1 N–H and O–H groups in total. The van der Waals surface area contributed by atoms with Gasteiger partial charge >= 0.3 is 0 Å². The van der Waals surface area contributed by atoms with Crippen LogP contribution in [-0.2, 0) is 6.61 Å². The van der Waals surface area contributed by atoms with Crippen molar-refractivity contribution in [2.45, 2.75) is 13.5 Å². The lowest BCUT2D eigenvalue weighted by Crippen LogP contribution is -2.03. The molecule has 0 bridgehead atoms. The van der Waals surface area contributed by atoms with Crippen LogP contribution in [0.5, 0.6) is 0 Å². The number of pyridine rings is 1. The second-order valence-corrected chi connectivity index (χ2v) is 4.17. The summed E-state index contributed by atoms with van der Waals surface area (Å²) < 4.78 is 2.51. The van der Waals surface area contributed by atoms with Gasteiger partial charge < -0.3 is 5.11 Å². The number of hydrogen-bond acceptors (Lipinski definition) is 3. The van der Waals surface area contributed by atoms with Crippen LogP contribution in [0, 0.1) is 6.92 Å². The summed E-state index contributed by atoms with van der Waals surface area (Å²) >= 11 is 3.31. The summed E-state index contributed by atoms with van der Waals surface area (Å²) in [5, 5.41) is 13.4. The fourth-order valence-corrected chi connectivity index (χ4v) is 1.70. The molecular formula is C10H10BrN3O. The van der Waals surface area contributed by atoms with E-state index in [1.807, 2.05) is 19.2 Å². The molecular weight excluding hydrogens is 258 g/mol. The molecule has 4 nitrogen and oxygen atoms in total. The van der Waals surface area contributed by atoms with Gasteiger partial charge in [-0.25, -0.2) is 9.67 Å². The minimum Gasteiger partial charge on any atom is -0.392 e. The van der Waals surface area contributed by atoms with Crippen molar-refractivity contribution in [3.63, 3.8) is 0 Å². The van der Waals surface area contributed by atoms with Crippen LogP contribution >= 0.6 is 15.9 Å². The maximum atomic E-state index is 9.21. The van der Waals surface area contributed by atoms with Gasteiger partial charge in [0.15, 0.2) is 5.82 Å². The molecule has 2 rings (SSSR count). The maximum Gasteiger partial charge on any atom is 0.158 e. The van der Waals surface area contributed by atoms with E-state index in [-0.39, 0.29) is 6.61 Å². The number of halogens is 1. The summed E-state index contributed by atoms with van der Waals surface area (Å²) in [7, 11) is 0. The third-order valence-electron chi connectivity index (χ3n) is 2.01. The number of aryl methyl sites for hydroxylation is 1. The zero-order valence-corrected chi connectivity index (χ0v) is 9.77. The Labute approximate surface area is 95.7 Å². The van der Waals surface area contributed by atoms with Crippen LogP contribution in [0.4, 0.5) is 0 Å². The highest BCUT2D eigenvalue weighted by molar-refractivity contribution is 9.10. The molecule has 2 aromatic rings. The van der Waals surface area contributed by atoms with Crippen LogP contribution < -0.4 is 0 Å². The van der Waals surface area contributed by atoms with Crippen molar-refractivity contribution in [3.05, 3.63) is 40.3 Å². The third kappa shape index (κ3) is 2.08. The number of aliphatic hydroxyl groups is 1. The van der Waals surface area contributed by atoms with Crippen LogP contribution in [0.3, 0.4) is 0 Å². The summed E-state index contributed by atoms with van der Waals surface area (Å²) in [6, 6.07) is 1.83. The Morgan fingerprint density at radius 1 is 1.47 bits per heavy atom. The summed E-state index contributed by atoms with van der Waals surface area (Å²) in [6.45, 7) is 1.90. The molecule has 0 saturated heterocycles. The minimum atomic E-state index is -0.0549. The molecule has 0 saturated carbocycles. The lowest BCUT2D eigenvalue weighted by molar-refractivity contribution is 0.280. The van der Waals surface area contributed by atoms with Crippen molar-refractivity contribution < 1.29 is 5.11 Å². The lowest BCUT2D eigenvalue weighted by atomic mass is 10.3. The van der Waals surface area contributed by atoms with Gasteiger partial charge in [-0.1, -0.05) is 0 Å². The van der Waals surface area contributed by atoms with Crippen LogP contribution in [0.1, 0.15) is 11.1 Å². The number of rotatable bonds is 2. The fourth-order valence-electron chi connectivity index (χ4n) is 1.33. The molecule has 0 aliphatic rings. The first-order chi connectivity index (χ1) is 7.20. The maximum absolute atomic E-state index is 9.21. The minimum absolute atomic E-state index is 0.0549. The highest BCUT2D eigenvalue weighted by Crippen LogP contribution is 2.17. The zero-order chi connectivity index (χ0) is 10.8. The highest BCUT2D eigenvalue weighted by Gasteiger charge is 2.06. The molecule has 15 heavy (non-hydrogen) atoms. The van der Waals surface area contributed by atoms with E-state index in [4.69, 9.17) is 0 Å². The van der Waals surface area contributed by atoms with Crippen molar-refractivity contribution in [2.24, 2.45) is 0 Å². The molecule has 0 amide bonds. The molecule has 5 heteroatoms. The summed E-state index contributed by atoms with van der Waals surface area (Å²) in [4.78, 5) is 4.23. The Kier molecular flexibility index (Phi) is 2.83. The largest absolute Gasteiger partial charge is 0.392 e. The van der Waals surface area contributed by atoms with E-state index >= 15 is 0 Å². The van der Waals surface area contributed by atoms with E-state index < -0.39 is 0 Å². The van der Waals surface area contributed by atoms with E-state index in [9.17, 15) is 5.11 Å². The third-order valence-corrected chi connectivity index (χ3v) is 2.44. The van der Waals surface area contributed by atoms with Crippen molar-refractivity contribution in [2.75, 3.05) is 0 Å². The van der Waals surface area contributed by atoms with Crippen molar-refractivity contribution >= 4 is 15.9 Å². The Balaban J connectivity index is 2.52. The molecule has 0 aliphatic carbocycles. The highest BCUT2D eigenvalue weighted by atomic mass is 79.9. The molecule has 0 aromatic carbocycles. The molecule has 0 atom stereocenters. The van der Waals surface area contributed by atoms with Crippen LogP contribution in [0.15, 0.2) is 29.1 Å². The molecule has 78 valence electrons. The number of nitrogens with zero attached hydrogens (tertiary/aromatic N) is 3. The van der Waals surface area contributed by atoms with Gasteiger partial charge in [0.05, 0.1) is 12.8 Å². The van der Waals surface area contributed by atoms with Crippen molar-refractivity contribution in [3.8, 4) is 5.82 Å². The van der Waals surface area contributed by atoms with Gasteiger partial charge in [0, 0.05) is 22.4 Å². The Hall–Kier alpha value is -1.20. The predicted molar refractivity (Wildman–Crippen MR) is 59.7 cm³/mol. The molecule has 0 spiro atoms. The number of hydrogen-bond donors (Lipinski definition) is 1. The van der Waals surface area contributed by atoms with Gasteiger partial charge in [0.25, 0.3) is 0 Å². The predicted octanol–water partition coefficient (Wildman–Crippen LogP) is 1.83. The van der Waals surface area contributed by atoms with Crippen LogP contribution in [0.25, 0.3) is 5.82 Å². The average molecular weight is 268 g/mol. The Bertz CT molecular complexity index is 481. The molecule has 0 fully saturated rings. The van der Waals surface area contributed by atoms with Gasteiger partial charge in [-0.15, -0.1) is 0 Å². The number of aliphatic hydroxyl groups excluding tert-OH is 1. The normalized spacial score (nSPS) is 10.6. The second-order valence-electron chi connectivity index (χ2n) is 3.26. The Morgan fingerprint density at radius 2 is 2.27 bits per heavy atom. The zero-order valence-electron chi connectivity index (χ0n) is 8.18. The van der Waals surface area contributed by atoms with Crippen molar-refractivity contribution in [1.82, 2.24) is 14.8 Å². The first-order valence-corrected chi connectivity index (χ1v) is 5.27. The smallest absolute Gasteiger partial charge is 0.158 e. The van der Waals surface area contributed by atoms with Crippen LogP contribution in [-0.4, -0.2) is 19.9 Å². The molecule has 2 aromatic heterocycles. The molecule has 2 heterocycles. The summed E-state index contributed by atoms with van der Waals surface area (Å²) in [5.74, 6) is 0.661. The molecule has 0 radical (unpaired) electrons. The average Bonchev–Trinajstić information content (AvgIpc) is 2.64. The molecule has 0 unspecified atom stereocenters.